The quantitative estimate of drug-likeness (QED) is 0.687. The Hall–Kier alpha value is -2.14. The summed E-state index contributed by atoms with van der Waals surface area (Å²) in [6.07, 6.45) is 6.19. The van der Waals surface area contributed by atoms with Crippen molar-refractivity contribution in [3.8, 4) is 0 Å². The monoisotopic (exact) mass is 385 g/mol. The maximum atomic E-state index is 12.5. The number of rotatable bonds is 7. The van der Waals surface area contributed by atoms with Crippen molar-refractivity contribution in [2.24, 2.45) is 0 Å². The van der Waals surface area contributed by atoms with Gasteiger partial charge in [0.15, 0.2) is 0 Å². The SMILES string of the molecule is CCOC(=O)c1c(NC(=O)CCc2ccc(CC)cc2)sc2c1CCCC2. The molecule has 0 atom stereocenters. The van der Waals surface area contributed by atoms with Crippen LogP contribution in [0, 0.1) is 0 Å². The highest BCUT2D eigenvalue weighted by molar-refractivity contribution is 7.17. The Kier molecular flexibility index (Phi) is 6.67. The van der Waals surface area contributed by atoms with Crippen LogP contribution in [-0.4, -0.2) is 18.5 Å². The summed E-state index contributed by atoms with van der Waals surface area (Å²) in [5.74, 6) is -0.374. The molecule has 0 spiro atoms. The number of thiophene rings is 1. The number of hydrogen-bond acceptors (Lipinski definition) is 4. The van der Waals surface area contributed by atoms with Gasteiger partial charge in [0.25, 0.3) is 0 Å². The van der Waals surface area contributed by atoms with Crippen LogP contribution in [0.15, 0.2) is 24.3 Å². The molecule has 0 unspecified atom stereocenters. The van der Waals surface area contributed by atoms with Gasteiger partial charge in [-0.05, 0) is 62.1 Å². The van der Waals surface area contributed by atoms with E-state index >= 15 is 0 Å². The van der Waals surface area contributed by atoms with Gasteiger partial charge in [-0.1, -0.05) is 31.2 Å². The molecule has 1 aliphatic carbocycles. The van der Waals surface area contributed by atoms with Crippen molar-refractivity contribution in [2.75, 3.05) is 11.9 Å². The van der Waals surface area contributed by atoms with Crippen LogP contribution in [0.1, 0.15) is 65.0 Å². The number of ether oxygens (including phenoxy) is 1. The molecule has 0 saturated carbocycles. The van der Waals surface area contributed by atoms with Gasteiger partial charge in [0.2, 0.25) is 5.91 Å². The van der Waals surface area contributed by atoms with E-state index in [-0.39, 0.29) is 11.9 Å². The van der Waals surface area contributed by atoms with E-state index in [1.807, 2.05) is 0 Å². The van der Waals surface area contributed by atoms with Crippen molar-refractivity contribution in [1.29, 1.82) is 0 Å². The Bertz CT molecular complexity index is 808. The molecule has 1 aromatic heterocycles. The summed E-state index contributed by atoms with van der Waals surface area (Å²) in [6.45, 7) is 4.27. The average molecular weight is 386 g/mol. The van der Waals surface area contributed by atoms with Gasteiger partial charge in [0.05, 0.1) is 12.2 Å². The minimum absolute atomic E-state index is 0.0567. The van der Waals surface area contributed by atoms with E-state index in [0.29, 0.717) is 30.0 Å². The van der Waals surface area contributed by atoms with Crippen LogP contribution in [0.4, 0.5) is 5.00 Å². The van der Waals surface area contributed by atoms with Crippen LogP contribution < -0.4 is 5.32 Å². The minimum Gasteiger partial charge on any atom is -0.462 e. The molecule has 3 rings (SSSR count). The van der Waals surface area contributed by atoms with Crippen molar-refractivity contribution in [2.45, 2.75) is 58.8 Å². The molecule has 1 N–H and O–H groups in total. The number of carbonyl (C=O) groups excluding carboxylic acids is 2. The summed E-state index contributed by atoms with van der Waals surface area (Å²) in [4.78, 5) is 26.2. The lowest BCUT2D eigenvalue weighted by Gasteiger charge is -2.12. The standard InChI is InChI=1S/C22H27NO3S/c1-3-15-9-11-16(12-10-15)13-14-19(24)23-21-20(22(25)26-4-2)17-7-5-6-8-18(17)27-21/h9-12H,3-8,13-14H2,1-2H3,(H,23,24). The molecule has 0 aliphatic heterocycles. The lowest BCUT2D eigenvalue weighted by atomic mass is 9.95. The third-order valence-electron chi connectivity index (χ3n) is 4.98. The van der Waals surface area contributed by atoms with Gasteiger partial charge >= 0.3 is 5.97 Å². The smallest absolute Gasteiger partial charge is 0.341 e. The first kappa shape index (κ1) is 19.6. The number of fused-ring (bicyclic) bond motifs is 1. The first-order valence-electron chi connectivity index (χ1n) is 9.81. The molecule has 0 fully saturated rings. The van der Waals surface area contributed by atoms with Crippen molar-refractivity contribution < 1.29 is 14.3 Å². The second-order valence-electron chi connectivity index (χ2n) is 6.85. The third-order valence-corrected chi connectivity index (χ3v) is 6.18. The first-order valence-corrected chi connectivity index (χ1v) is 10.6. The van der Waals surface area contributed by atoms with Crippen LogP contribution in [-0.2, 0) is 35.2 Å². The maximum absolute atomic E-state index is 12.5. The highest BCUT2D eigenvalue weighted by atomic mass is 32.1. The fraction of sp³-hybridized carbons (Fsp3) is 0.455. The first-order chi connectivity index (χ1) is 13.1. The molecule has 0 bridgehead atoms. The highest BCUT2D eigenvalue weighted by Crippen LogP contribution is 2.38. The number of nitrogens with one attached hydrogen (secondary N) is 1. The highest BCUT2D eigenvalue weighted by Gasteiger charge is 2.27. The van der Waals surface area contributed by atoms with Gasteiger partial charge in [-0.2, -0.15) is 0 Å². The van der Waals surface area contributed by atoms with E-state index in [1.165, 1.54) is 21.8 Å². The molecule has 1 heterocycles. The van der Waals surface area contributed by atoms with Gasteiger partial charge in [-0.3, -0.25) is 4.79 Å². The molecule has 4 nitrogen and oxygen atoms in total. The fourth-order valence-electron chi connectivity index (χ4n) is 3.46. The largest absolute Gasteiger partial charge is 0.462 e. The second kappa shape index (κ2) is 9.18. The Morgan fingerprint density at radius 3 is 2.48 bits per heavy atom. The van der Waals surface area contributed by atoms with E-state index in [0.717, 1.165) is 43.2 Å². The van der Waals surface area contributed by atoms with Gasteiger partial charge in [-0.15, -0.1) is 11.3 Å². The molecule has 0 radical (unpaired) electrons. The average Bonchev–Trinajstić information content (AvgIpc) is 3.04. The second-order valence-corrected chi connectivity index (χ2v) is 7.96. The topological polar surface area (TPSA) is 55.4 Å². The van der Waals surface area contributed by atoms with Crippen LogP contribution in [0.3, 0.4) is 0 Å². The molecule has 2 aromatic rings. The molecule has 0 saturated heterocycles. The van der Waals surface area contributed by atoms with Crippen molar-refractivity contribution in [1.82, 2.24) is 0 Å². The summed E-state index contributed by atoms with van der Waals surface area (Å²) in [7, 11) is 0. The lowest BCUT2D eigenvalue weighted by molar-refractivity contribution is -0.116. The molecule has 1 aromatic carbocycles. The molecule has 144 valence electrons. The molecule has 27 heavy (non-hydrogen) atoms. The zero-order valence-electron chi connectivity index (χ0n) is 16.1. The van der Waals surface area contributed by atoms with E-state index in [9.17, 15) is 9.59 Å². The molecule has 1 aliphatic rings. The Morgan fingerprint density at radius 2 is 1.78 bits per heavy atom. The maximum Gasteiger partial charge on any atom is 0.341 e. The minimum atomic E-state index is -0.317. The lowest BCUT2D eigenvalue weighted by Crippen LogP contribution is -2.16. The number of carbonyl (C=O) groups is 2. The van der Waals surface area contributed by atoms with Crippen molar-refractivity contribution in [3.63, 3.8) is 0 Å². The van der Waals surface area contributed by atoms with E-state index < -0.39 is 0 Å². The predicted molar refractivity (Wildman–Crippen MR) is 110 cm³/mol. The van der Waals surface area contributed by atoms with Crippen LogP contribution in [0.2, 0.25) is 0 Å². The Labute approximate surface area is 164 Å². The Balaban J connectivity index is 1.69. The van der Waals surface area contributed by atoms with Gasteiger partial charge in [0, 0.05) is 11.3 Å². The number of benzene rings is 1. The van der Waals surface area contributed by atoms with Crippen LogP contribution >= 0.6 is 11.3 Å². The zero-order chi connectivity index (χ0) is 19.2. The van der Waals surface area contributed by atoms with E-state index in [1.54, 1.807) is 6.92 Å². The number of anilines is 1. The molecule has 1 amide bonds. The Morgan fingerprint density at radius 1 is 1.07 bits per heavy atom. The zero-order valence-corrected chi connectivity index (χ0v) is 16.9. The number of aryl methyl sites for hydroxylation is 3. The predicted octanol–water partition coefficient (Wildman–Crippen LogP) is 4.94. The van der Waals surface area contributed by atoms with Gasteiger partial charge in [-0.25, -0.2) is 4.79 Å². The summed E-state index contributed by atoms with van der Waals surface area (Å²) < 4.78 is 5.24. The normalized spacial score (nSPS) is 13.1. The van der Waals surface area contributed by atoms with Crippen molar-refractivity contribution in [3.05, 3.63) is 51.4 Å². The summed E-state index contributed by atoms with van der Waals surface area (Å²) in [5.41, 5.74) is 4.11. The molecule has 5 heteroatoms. The fourth-order valence-corrected chi connectivity index (χ4v) is 4.76. The van der Waals surface area contributed by atoms with Crippen LogP contribution in [0.25, 0.3) is 0 Å². The van der Waals surface area contributed by atoms with Gasteiger partial charge < -0.3 is 10.1 Å². The third kappa shape index (κ3) is 4.78. The van der Waals surface area contributed by atoms with Crippen LogP contribution in [0.5, 0.6) is 0 Å². The number of esters is 1. The summed E-state index contributed by atoms with van der Waals surface area (Å²) >= 11 is 1.54. The van der Waals surface area contributed by atoms with Crippen molar-refractivity contribution >= 4 is 28.2 Å². The van der Waals surface area contributed by atoms with E-state index in [4.69, 9.17) is 4.74 Å². The van der Waals surface area contributed by atoms with Gasteiger partial charge in [0.1, 0.15) is 5.00 Å². The number of hydrogen-bond donors (Lipinski definition) is 1. The molecular weight excluding hydrogens is 358 g/mol. The molecular formula is C22H27NO3S. The summed E-state index contributed by atoms with van der Waals surface area (Å²) in [6, 6.07) is 8.39. The van der Waals surface area contributed by atoms with E-state index in [2.05, 4.69) is 36.5 Å². The summed E-state index contributed by atoms with van der Waals surface area (Å²) in [5, 5.41) is 3.64. The number of amides is 1.